The van der Waals surface area contributed by atoms with Crippen LogP contribution in [0.2, 0.25) is 0 Å². The minimum atomic E-state index is -0.527. The van der Waals surface area contributed by atoms with E-state index in [1.807, 2.05) is 6.92 Å². The first-order valence-corrected chi connectivity index (χ1v) is 5.62. The van der Waals surface area contributed by atoms with Gasteiger partial charge in [-0.15, -0.1) is 0 Å². The zero-order chi connectivity index (χ0) is 14.0. The Bertz CT molecular complexity index is 578. The highest BCUT2D eigenvalue weighted by atomic mass is 16.5. The highest BCUT2D eigenvalue weighted by molar-refractivity contribution is 6.14. The van der Waals surface area contributed by atoms with E-state index in [4.69, 9.17) is 9.47 Å². The van der Waals surface area contributed by atoms with Gasteiger partial charge < -0.3 is 14.8 Å². The van der Waals surface area contributed by atoms with Crippen LogP contribution in [0.3, 0.4) is 0 Å². The minimum absolute atomic E-state index is 0.188. The monoisotopic (exact) mass is 262 g/mol. The summed E-state index contributed by atoms with van der Waals surface area (Å²) in [6, 6.07) is 3.01. The van der Waals surface area contributed by atoms with Crippen molar-refractivity contribution in [3.05, 3.63) is 29.0 Å². The number of rotatable bonds is 3. The maximum Gasteiger partial charge on any atom is 0.326 e. The molecule has 1 saturated heterocycles. The van der Waals surface area contributed by atoms with E-state index in [1.165, 1.54) is 7.11 Å². The molecule has 0 aromatic heterocycles. The first-order valence-electron chi connectivity index (χ1n) is 5.62. The number of amides is 3. The second-order valence-corrected chi connectivity index (χ2v) is 3.98. The first-order chi connectivity index (χ1) is 9.06. The van der Waals surface area contributed by atoms with Gasteiger partial charge in [-0.2, -0.15) is 0 Å². The van der Waals surface area contributed by atoms with Crippen LogP contribution < -0.4 is 20.1 Å². The van der Waals surface area contributed by atoms with Gasteiger partial charge in [0.1, 0.15) is 17.2 Å². The maximum atomic E-state index is 11.5. The molecule has 1 aliphatic heterocycles. The molecule has 0 aliphatic carbocycles. The molecule has 100 valence electrons. The van der Waals surface area contributed by atoms with Crippen molar-refractivity contribution in [1.82, 2.24) is 10.6 Å². The highest BCUT2D eigenvalue weighted by Crippen LogP contribution is 2.32. The predicted octanol–water partition coefficient (Wildman–Crippen LogP) is 1.19. The Labute approximate surface area is 110 Å². The number of hydrogen-bond donors (Lipinski definition) is 2. The number of hydrogen-bond acceptors (Lipinski definition) is 4. The lowest BCUT2D eigenvalue weighted by molar-refractivity contribution is -0.115. The first kappa shape index (κ1) is 12.9. The van der Waals surface area contributed by atoms with Gasteiger partial charge in [0.2, 0.25) is 0 Å². The topological polar surface area (TPSA) is 76.7 Å². The molecule has 2 rings (SSSR count). The van der Waals surface area contributed by atoms with E-state index in [0.717, 1.165) is 5.56 Å². The molecular formula is C13H14N2O4. The SMILES string of the molecule is COc1ccc(C=C2NC(=O)NC2=O)c(OC)c1C. The lowest BCUT2D eigenvalue weighted by atomic mass is 10.1. The second kappa shape index (κ2) is 5.01. The molecule has 1 fully saturated rings. The molecule has 0 bridgehead atoms. The molecule has 0 atom stereocenters. The van der Waals surface area contributed by atoms with Crippen molar-refractivity contribution < 1.29 is 19.1 Å². The van der Waals surface area contributed by atoms with E-state index in [0.29, 0.717) is 17.1 Å². The molecule has 0 spiro atoms. The molecule has 19 heavy (non-hydrogen) atoms. The third kappa shape index (κ3) is 2.37. The molecule has 6 heteroatoms. The largest absolute Gasteiger partial charge is 0.496 e. The van der Waals surface area contributed by atoms with Gasteiger partial charge in [0.25, 0.3) is 5.91 Å². The molecule has 0 unspecified atom stereocenters. The van der Waals surface area contributed by atoms with Crippen LogP contribution >= 0.6 is 0 Å². The highest BCUT2D eigenvalue weighted by Gasteiger charge is 2.23. The Morgan fingerprint density at radius 3 is 2.37 bits per heavy atom. The predicted molar refractivity (Wildman–Crippen MR) is 68.9 cm³/mol. The summed E-state index contributed by atoms with van der Waals surface area (Å²) in [6.07, 6.45) is 1.56. The van der Waals surface area contributed by atoms with Crippen LogP contribution in [0.5, 0.6) is 11.5 Å². The molecule has 6 nitrogen and oxygen atoms in total. The molecule has 1 heterocycles. The molecule has 1 aromatic carbocycles. The lowest BCUT2D eigenvalue weighted by Crippen LogP contribution is -2.22. The minimum Gasteiger partial charge on any atom is -0.496 e. The Morgan fingerprint density at radius 1 is 1.11 bits per heavy atom. The zero-order valence-corrected chi connectivity index (χ0v) is 10.9. The van der Waals surface area contributed by atoms with E-state index in [1.54, 1.807) is 25.3 Å². The third-order valence-electron chi connectivity index (χ3n) is 2.83. The number of imide groups is 1. The molecule has 1 aromatic rings. The fraction of sp³-hybridized carbons (Fsp3) is 0.231. The Hall–Kier alpha value is -2.50. The average molecular weight is 262 g/mol. The molecule has 0 radical (unpaired) electrons. The van der Waals surface area contributed by atoms with E-state index in [-0.39, 0.29) is 5.70 Å². The molecule has 0 saturated carbocycles. The summed E-state index contributed by atoms with van der Waals surface area (Å²) < 4.78 is 10.5. The maximum absolute atomic E-state index is 11.5. The van der Waals surface area contributed by atoms with E-state index in [2.05, 4.69) is 10.6 Å². The summed E-state index contributed by atoms with van der Waals surface area (Å²) in [4.78, 5) is 22.5. The number of carbonyl (C=O) groups excluding carboxylic acids is 2. The summed E-state index contributed by atoms with van der Waals surface area (Å²) in [7, 11) is 3.11. The van der Waals surface area contributed by atoms with Crippen molar-refractivity contribution in [3.63, 3.8) is 0 Å². The molecule has 1 aliphatic rings. The second-order valence-electron chi connectivity index (χ2n) is 3.98. The van der Waals surface area contributed by atoms with Gasteiger partial charge in [-0.3, -0.25) is 10.1 Å². The normalized spacial score (nSPS) is 16.3. The molecular weight excluding hydrogens is 248 g/mol. The summed E-state index contributed by atoms with van der Waals surface area (Å²) in [5.74, 6) is 0.834. The van der Waals surface area contributed by atoms with Crippen LogP contribution in [-0.2, 0) is 4.79 Å². The number of nitrogens with one attached hydrogen (secondary N) is 2. The Balaban J connectivity index is 2.46. The van der Waals surface area contributed by atoms with Gasteiger partial charge in [0.15, 0.2) is 0 Å². The van der Waals surface area contributed by atoms with Crippen LogP contribution in [0.1, 0.15) is 11.1 Å². The fourth-order valence-electron chi connectivity index (χ4n) is 1.94. The van der Waals surface area contributed by atoms with Gasteiger partial charge in [0.05, 0.1) is 14.2 Å². The van der Waals surface area contributed by atoms with E-state index < -0.39 is 11.9 Å². The summed E-state index contributed by atoms with van der Waals surface area (Å²) in [5, 5.41) is 4.57. The Kier molecular flexibility index (Phi) is 3.41. The van der Waals surface area contributed by atoms with Crippen molar-refractivity contribution in [2.45, 2.75) is 6.92 Å². The number of ether oxygens (including phenoxy) is 2. The smallest absolute Gasteiger partial charge is 0.326 e. The van der Waals surface area contributed by atoms with Gasteiger partial charge in [-0.1, -0.05) is 0 Å². The van der Waals surface area contributed by atoms with Gasteiger partial charge in [-0.05, 0) is 25.1 Å². The number of benzene rings is 1. The van der Waals surface area contributed by atoms with E-state index >= 15 is 0 Å². The van der Waals surface area contributed by atoms with Crippen LogP contribution in [0.15, 0.2) is 17.8 Å². The molecule has 2 N–H and O–H groups in total. The van der Waals surface area contributed by atoms with Crippen molar-refractivity contribution >= 4 is 18.0 Å². The van der Waals surface area contributed by atoms with E-state index in [9.17, 15) is 9.59 Å². The zero-order valence-electron chi connectivity index (χ0n) is 10.9. The van der Waals surface area contributed by atoms with Crippen LogP contribution in [0, 0.1) is 6.92 Å². The van der Waals surface area contributed by atoms with Gasteiger partial charge in [-0.25, -0.2) is 4.79 Å². The van der Waals surface area contributed by atoms with Crippen molar-refractivity contribution in [3.8, 4) is 11.5 Å². The van der Waals surface area contributed by atoms with Gasteiger partial charge >= 0.3 is 6.03 Å². The van der Waals surface area contributed by atoms with Crippen molar-refractivity contribution in [1.29, 1.82) is 0 Å². The summed E-state index contributed by atoms with van der Waals surface area (Å²) in [6.45, 7) is 1.85. The van der Waals surface area contributed by atoms with Crippen molar-refractivity contribution in [2.24, 2.45) is 0 Å². The average Bonchev–Trinajstić information content (AvgIpc) is 2.68. The summed E-state index contributed by atoms with van der Waals surface area (Å²) >= 11 is 0. The summed E-state index contributed by atoms with van der Waals surface area (Å²) in [5.41, 5.74) is 1.70. The molecule has 3 amide bonds. The quantitative estimate of drug-likeness (QED) is 0.633. The van der Waals surface area contributed by atoms with Crippen molar-refractivity contribution in [2.75, 3.05) is 14.2 Å². The van der Waals surface area contributed by atoms with Gasteiger partial charge in [0, 0.05) is 11.1 Å². The Morgan fingerprint density at radius 2 is 1.84 bits per heavy atom. The number of methoxy groups -OCH3 is 2. The standard InChI is InChI=1S/C13H14N2O4/c1-7-10(18-2)5-4-8(11(7)19-3)6-9-12(16)15-13(17)14-9/h4-6H,1-3H3,(H2,14,15,16,17). The number of carbonyl (C=O) groups is 2. The lowest BCUT2D eigenvalue weighted by Gasteiger charge is -2.12. The fourth-order valence-corrected chi connectivity index (χ4v) is 1.94. The third-order valence-corrected chi connectivity index (χ3v) is 2.83. The van der Waals surface area contributed by atoms with Crippen LogP contribution in [0.4, 0.5) is 4.79 Å². The number of urea groups is 1. The van der Waals surface area contributed by atoms with Crippen LogP contribution in [0.25, 0.3) is 6.08 Å². The van der Waals surface area contributed by atoms with Crippen LogP contribution in [-0.4, -0.2) is 26.2 Å².